The number of sulfonamides is 1. The lowest BCUT2D eigenvalue weighted by molar-refractivity contribution is 0.0694. The Morgan fingerprint density at radius 3 is 2.67 bits per heavy atom. The molecular weight excluding hydrogens is 298 g/mol. The molecule has 0 unspecified atom stereocenters. The van der Waals surface area contributed by atoms with Gasteiger partial charge >= 0.3 is 5.97 Å². The van der Waals surface area contributed by atoms with Crippen molar-refractivity contribution in [3.63, 3.8) is 0 Å². The first-order valence-corrected chi connectivity index (χ1v) is 8.40. The third-order valence-electron chi connectivity index (χ3n) is 3.46. The van der Waals surface area contributed by atoms with Gasteiger partial charge in [0.15, 0.2) is 0 Å². The van der Waals surface area contributed by atoms with E-state index < -0.39 is 16.0 Å². The lowest BCUT2D eigenvalue weighted by Gasteiger charge is -2.21. The molecule has 1 aromatic rings. The number of nitrogens with one attached hydrogen (secondary N) is 1. The normalized spacial score (nSPS) is 17.0. The minimum absolute atomic E-state index is 0.0420. The number of carboxylic acid groups (broad SMARTS) is 1. The van der Waals surface area contributed by atoms with Crippen molar-refractivity contribution in [1.82, 2.24) is 4.72 Å². The first kappa shape index (κ1) is 16.0. The topological polar surface area (TPSA) is 106 Å². The van der Waals surface area contributed by atoms with Crippen molar-refractivity contribution in [2.45, 2.75) is 26.3 Å². The highest BCUT2D eigenvalue weighted by Gasteiger charge is 2.22. The number of rotatable bonds is 6. The maximum atomic E-state index is 12.0. The zero-order chi connectivity index (χ0) is 15.5. The van der Waals surface area contributed by atoms with E-state index in [2.05, 4.69) is 4.72 Å². The lowest BCUT2D eigenvalue weighted by atomic mass is 10.0. The number of hydrogen-bond acceptors (Lipinski definition) is 5. The van der Waals surface area contributed by atoms with Gasteiger partial charge in [0, 0.05) is 13.2 Å². The Balaban J connectivity index is 1.91. The summed E-state index contributed by atoms with van der Waals surface area (Å²) in [6.45, 7) is 2.68. The quantitative estimate of drug-likeness (QED) is 0.815. The van der Waals surface area contributed by atoms with Crippen molar-refractivity contribution in [2.24, 2.45) is 5.92 Å². The van der Waals surface area contributed by atoms with Crippen molar-refractivity contribution in [3.8, 4) is 0 Å². The molecule has 2 heterocycles. The largest absolute Gasteiger partial charge is 0.478 e. The maximum absolute atomic E-state index is 12.0. The Bertz CT molecular complexity index is 600. The van der Waals surface area contributed by atoms with Crippen LogP contribution in [0.15, 0.2) is 10.5 Å². The molecule has 0 saturated carbocycles. The van der Waals surface area contributed by atoms with Crippen LogP contribution in [0.25, 0.3) is 0 Å². The molecule has 1 fully saturated rings. The summed E-state index contributed by atoms with van der Waals surface area (Å²) >= 11 is 0. The van der Waals surface area contributed by atoms with Crippen LogP contribution in [0.3, 0.4) is 0 Å². The van der Waals surface area contributed by atoms with Crippen LogP contribution in [0.1, 0.15) is 34.7 Å². The third kappa shape index (κ3) is 4.55. The molecular formula is C13H19NO6S. The van der Waals surface area contributed by atoms with E-state index in [1.165, 1.54) is 13.0 Å². The predicted molar refractivity (Wildman–Crippen MR) is 74.6 cm³/mol. The van der Waals surface area contributed by atoms with Crippen LogP contribution < -0.4 is 4.72 Å². The van der Waals surface area contributed by atoms with Crippen LogP contribution in [0, 0.1) is 12.8 Å². The van der Waals surface area contributed by atoms with Gasteiger partial charge in [-0.05, 0) is 31.7 Å². The molecule has 0 radical (unpaired) electrons. The molecule has 2 rings (SSSR count). The highest BCUT2D eigenvalue weighted by molar-refractivity contribution is 7.89. The van der Waals surface area contributed by atoms with Gasteiger partial charge in [-0.25, -0.2) is 17.9 Å². The predicted octanol–water partition coefficient (Wildman–Crippen LogP) is 1.13. The monoisotopic (exact) mass is 317 g/mol. The average molecular weight is 317 g/mol. The fourth-order valence-electron chi connectivity index (χ4n) is 2.31. The molecule has 1 aliphatic heterocycles. The zero-order valence-corrected chi connectivity index (χ0v) is 12.6. The molecule has 0 bridgehead atoms. The van der Waals surface area contributed by atoms with Gasteiger partial charge in [0.1, 0.15) is 17.1 Å². The molecule has 0 atom stereocenters. The van der Waals surface area contributed by atoms with Crippen molar-refractivity contribution in [1.29, 1.82) is 0 Å². The van der Waals surface area contributed by atoms with E-state index >= 15 is 0 Å². The summed E-state index contributed by atoms with van der Waals surface area (Å²) in [4.78, 5) is 10.9. The summed E-state index contributed by atoms with van der Waals surface area (Å²) in [6, 6.07) is 1.34. The van der Waals surface area contributed by atoms with Gasteiger partial charge in [-0.1, -0.05) is 0 Å². The first-order valence-electron chi connectivity index (χ1n) is 6.75. The van der Waals surface area contributed by atoms with Gasteiger partial charge in [-0.2, -0.15) is 0 Å². The Morgan fingerprint density at radius 1 is 1.43 bits per heavy atom. The van der Waals surface area contributed by atoms with Gasteiger partial charge in [0.05, 0.1) is 12.3 Å². The highest BCUT2D eigenvalue weighted by atomic mass is 32.2. The van der Waals surface area contributed by atoms with Crippen LogP contribution in [0.4, 0.5) is 0 Å². The molecule has 8 heteroatoms. The molecule has 21 heavy (non-hydrogen) atoms. The van der Waals surface area contributed by atoms with Crippen LogP contribution >= 0.6 is 0 Å². The van der Waals surface area contributed by atoms with Gasteiger partial charge in [-0.15, -0.1) is 0 Å². The van der Waals surface area contributed by atoms with Crippen LogP contribution in [0.2, 0.25) is 0 Å². The van der Waals surface area contributed by atoms with Crippen LogP contribution in [-0.4, -0.2) is 38.5 Å². The van der Waals surface area contributed by atoms with Crippen LogP contribution in [0.5, 0.6) is 0 Å². The van der Waals surface area contributed by atoms with E-state index in [0.29, 0.717) is 19.0 Å². The van der Waals surface area contributed by atoms with Crippen molar-refractivity contribution >= 4 is 16.0 Å². The second kappa shape index (κ2) is 6.59. The molecule has 7 nitrogen and oxygen atoms in total. The molecule has 1 saturated heterocycles. The molecule has 0 aromatic carbocycles. The standard InChI is InChI=1S/C13H19NO6S/c1-9-12(13(15)16)6-11(20-9)7-14-21(17,18)8-10-2-4-19-5-3-10/h6,10,14H,2-5,7-8H2,1H3,(H,15,16). The van der Waals surface area contributed by atoms with E-state index in [0.717, 1.165) is 12.8 Å². The Hall–Kier alpha value is -1.38. The molecule has 1 aromatic heterocycles. The minimum atomic E-state index is -3.42. The number of aromatic carboxylic acids is 1. The third-order valence-corrected chi connectivity index (χ3v) is 4.96. The number of furan rings is 1. The summed E-state index contributed by atoms with van der Waals surface area (Å²) in [5, 5.41) is 8.91. The van der Waals surface area contributed by atoms with Crippen molar-refractivity contribution in [2.75, 3.05) is 19.0 Å². The second-order valence-electron chi connectivity index (χ2n) is 5.15. The summed E-state index contributed by atoms with van der Waals surface area (Å²) in [7, 11) is -3.42. The van der Waals surface area contributed by atoms with E-state index in [1.807, 2.05) is 0 Å². The molecule has 1 aliphatic rings. The summed E-state index contributed by atoms with van der Waals surface area (Å²) < 4.78 is 36.9. The van der Waals surface area contributed by atoms with E-state index in [-0.39, 0.29) is 29.5 Å². The van der Waals surface area contributed by atoms with Crippen molar-refractivity contribution in [3.05, 3.63) is 23.2 Å². The van der Waals surface area contributed by atoms with Gasteiger partial charge < -0.3 is 14.3 Å². The maximum Gasteiger partial charge on any atom is 0.339 e. The number of aryl methyl sites for hydroxylation is 1. The molecule has 0 aliphatic carbocycles. The summed E-state index contributed by atoms with van der Waals surface area (Å²) in [5.41, 5.74) is 0.0497. The number of carboxylic acids is 1. The average Bonchev–Trinajstić information content (AvgIpc) is 2.79. The number of carbonyl (C=O) groups is 1. The van der Waals surface area contributed by atoms with Crippen molar-refractivity contribution < 1.29 is 27.5 Å². The summed E-state index contributed by atoms with van der Waals surface area (Å²) in [6.07, 6.45) is 1.48. The SMILES string of the molecule is Cc1oc(CNS(=O)(=O)CC2CCOCC2)cc1C(=O)O. The van der Waals surface area contributed by atoms with Gasteiger partial charge in [-0.3, -0.25) is 0 Å². The van der Waals surface area contributed by atoms with Gasteiger partial charge in [0.2, 0.25) is 10.0 Å². The Morgan fingerprint density at radius 2 is 2.10 bits per heavy atom. The Kier molecular flexibility index (Phi) is 5.02. The lowest BCUT2D eigenvalue weighted by Crippen LogP contribution is -2.31. The molecule has 0 amide bonds. The van der Waals surface area contributed by atoms with E-state index in [4.69, 9.17) is 14.3 Å². The summed E-state index contributed by atoms with van der Waals surface area (Å²) in [5.74, 6) is -0.375. The fraction of sp³-hybridized carbons (Fsp3) is 0.615. The number of ether oxygens (including phenoxy) is 1. The molecule has 0 spiro atoms. The first-order chi connectivity index (χ1) is 9.87. The Labute approximate surface area is 123 Å². The second-order valence-corrected chi connectivity index (χ2v) is 7.00. The van der Waals surface area contributed by atoms with Crippen LogP contribution in [-0.2, 0) is 21.3 Å². The van der Waals surface area contributed by atoms with E-state index in [9.17, 15) is 13.2 Å². The highest BCUT2D eigenvalue weighted by Crippen LogP contribution is 2.17. The number of hydrogen-bond donors (Lipinski definition) is 2. The minimum Gasteiger partial charge on any atom is -0.478 e. The van der Waals surface area contributed by atoms with E-state index in [1.54, 1.807) is 0 Å². The molecule has 118 valence electrons. The smallest absolute Gasteiger partial charge is 0.339 e. The zero-order valence-electron chi connectivity index (χ0n) is 11.8. The fourth-order valence-corrected chi connectivity index (χ4v) is 3.74. The molecule has 2 N–H and O–H groups in total. The van der Waals surface area contributed by atoms with Gasteiger partial charge in [0.25, 0.3) is 0 Å².